The maximum absolute atomic E-state index is 13.6. The Hall–Kier alpha value is -2.28. The number of aromatic nitrogens is 1. The third-order valence-corrected chi connectivity index (χ3v) is 2.37. The van der Waals surface area contributed by atoms with E-state index in [1.807, 2.05) is 6.07 Å². The average molecular weight is 230 g/mol. The van der Waals surface area contributed by atoms with E-state index in [2.05, 4.69) is 4.98 Å². The van der Waals surface area contributed by atoms with Crippen molar-refractivity contribution >= 4 is 0 Å². The van der Waals surface area contributed by atoms with E-state index in [0.29, 0.717) is 11.1 Å². The van der Waals surface area contributed by atoms with Crippen LogP contribution in [0.5, 0.6) is 0 Å². The zero-order valence-electron chi connectivity index (χ0n) is 8.82. The molecule has 0 aliphatic heterocycles. The van der Waals surface area contributed by atoms with Gasteiger partial charge in [-0.2, -0.15) is 9.65 Å². The highest BCUT2D eigenvalue weighted by Crippen LogP contribution is 2.26. The third-order valence-electron chi connectivity index (χ3n) is 2.37. The first-order valence-electron chi connectivity index (χ1n) is 4.98. The molecule has 2 aromatic rings. The average Bonchev–Trinajstić information content (AvgIpc) is 2.29. The minimum Gasteiger partial charge on any atom is -0.228 e. The van der Waals surface area contributed by atoms with E-state index in [0.717, 1.165) is 0 Å². The monoisotopic (exact) mass is 230 g/mol. The van der Waals surface area contributed by atoms with Crippen LogP contribution >= 0.6 is 0 Å². The SMILES string of the molecule is N#CCc1ccnc(F)c1-c1cccc(F)c1. The molecular formula is C13H8F2N2. The highest BCUT2D eigenvalue weighted by Gasteiger charge is 2.12. The van der Waals surface area contributed by atoms with Crippen molar-refractivity contribution in [1.29, 1.82) is 5.26 Å². The van der Waals surface area contributed by atoms with Crippen LogP contribution in [0.4, 0.5) is 8.78 Å². The number of halogens is 2. The first-order valence-corrected chi connectivity index (χ1v) is 4.98. The number of hydrogen-bond donors (Lipinski definition) is 0. The van der Waals surface area contributed by atoms with Crippen LogP contribution < -0.4 is 0 Å². The predicted octanol–water partition coefficient (Wildman–Crippen LogP) is 3.09. The van der Waals surface area contributed by atoms with Gasteiger partial charge >= 0.3 is 0 Å². The highest BCUT2D eigenvalue weighted by atomic mass is 19.1. The third kappa shape index (κ3) is 2.28. The molecule has 0 unspecified atom stereocenters. The van der Waals surface area contributed by atoms with Gasteiger partial charge in [0.1, 0.15) is 5.82 Å². The second-order valence-corrected chi connectivity index (χ2v) is 3.48. The molecule has 0 bridgehead atoms. The lowest BCUT2D eigenvalue weighted by atomic mass is 10.00. The van der Waals surface area contributed by atoms with Crippen molar-refractivity contribution in [3.63, 3.8) is 0 Å². The lowest BCUT2D eigenvalue weighted by molar-refractivity contribution is 0.585. The van der Waals surface area contributed by atoms with Gasteiger partial charge in [0.05, 0.1) is 12.5 Å². The Morgan fingerprint density at radius 1 is 1.24 bits per heavy atom. The molecule has 84 valence electrons. The molecule has 1 heterocycles. The summed E-state index contributed by atoms with van der Waals surface area (Å²) in [6.45, 7) is 0. The van der Waals surface area contributed by atoms with Crippen LogP contribution in [0.25, 0.3) is 11.1 Å². The molecule has 0 spiro atoms. The van der Waals surface area contributed by atoms with Gasteiger partial charge < -0.3 is 0 Å². The molecule has 1 aromatic carbocycles. The Bertz CT molecular complexity index is 588. The maximum atomic E-state index is 13.6. The van der Waals surface area contributed by atoms with Gasteiger partial charge in [-0.1, -0.05) is 12.1 Å². The molecule has 2 nitrogen and oxygen atoms in total. The van der Waals surface area contributed by atoms with Gasteiger partial charge in [-0.3, -0.25) is 0 Å². The van der Waals surface area contributed by atoms with Gasteiger partial charge in [0.25, 0.3) is 0 Å². The van der Waals surface area contributed by atoms with Crippen LogP contribution in [0.1, 0.15) is 5.56 Å². The van der Waals surface area contributed by atoms with Crippen LogP contribution in [0.3, 0.4) is 0 Å². The van der Waals surface area contributed by atoms with Gasteiger partial charge in [-0.15, -0.1) is 0 Å². The molecule has 17 heavy (non-hydrogen) atoms. The lowest BCUT2D eigenvalue weighted by Gasteiger charge is -2.07. The van der Waals surface area contributed by atoms with E-state index < -0.39 is 11.8 Å². The Morgan fingerprint density at radius 2 is 2.06 bits per heavy atom. The molecular weight excluding hydrogens is 222 g/mol. The first kappa shape index (κ1) is 11.2. The smallest absolute Gasteiger partial charge is 0.221 e. The fourth-order valence-corrected chi connectivity index (χ4v) is 1.65. The van der Waals surface area contributed by atoms with Gasteiger partial charge in [0.2, 0.25) is 5.95 Å². The normalized spacial score (nSPS) is 9.94. The van der Waals surface area contributed by atoms with Crippen molar-refractivity contribution in [2.24, 2.45) is 0 Å². The molecule has 0 N–H and O–H groups in total. The quantitative estimate of drug-likeness (QED) is 0.743. The Balaban J connectivity index is 2.62. The Morgan fingerprint density at radius 3 is 2.76 bits per heavy atom. The van der Waals surface area contributed by atoms with Crippen LogP contribution in [-0.2, 0) is 6.42 Å². The van der Waals surface area contributed by atoms with E-state index >= 15 is 0 Å². The lowest BCUT2D eigenvalue weighted by Crippen LogP contribution is -1.96. The topological polar surface area (TPSA) is 36.7 Å². The van der Waals surface area contributed by atoms with Gasteiger partial charge in [-0.05, 0) is 29.3 Å². The minimum absolute atomic E-state index is 0.0608. The van der Waals surface area contributed by atoms with Crippen LogP contribution in [0.15, 0.2) is 36.5 Å². The summed E-state index contributed by atoms with van der Waals surface area (Å²) >= 11 is 0. The minimum atomic E-state index is -0.691. The number of rotatable bonds is 2. The van der Waals surface area contributed by atoms with Gasteiger partial charge in [0.15, 0.2) is 0 Å². The second kappa shape index (κ2) is 4.71. The number of nitrogens with zero attached hydrogens (tertiary/aromatic N) is 2. The van der Waals surface area contributed by atoms with Crippen LogP contribution in [-0.4, -0.2) is 4.98 Å². The summed E-state index contributed by atoms with van der Waals surface area (Å²) in [6.07, 6.45) is 1.36. The predicted molar refractivity (Wildman–Crippen MR) is 58.9 cm³/mol. The largest absolute Gasteiger partial charge is 0.228 e. The van der Waals surface area contributed by atoms with Gasteiger partial charge in [-0.25, -0.2) is 9.37 Å². The molecule has 1 aromatic heterocycles. The molecule has 0 saturated heterocycles. The standard InChI is InChI=1S/C13H8F2N2/c14-11-3-1-2-10(8-11)12-9(4-6-16)5-7-17-13(12)15/h1-3,5,7-8H,4H2. The molecule has 0 saturated carbocycles. The number of hydrogen-bond acceptors (Lipinski definition) is 2. The summed E-state index contributed by atoms with van der Waals surface area (Å²) in [4.78, 5) is 3.53. The van der Waals surface area contributed by atoms with E-state index in [1.54, 1.807) is 12.1 Å². The Kier molecular flexibility index (Phi) is 3.10. The van der Waals surface area contributed by atoms with Crippen molar-refractivity contribution < 1.29 is 8.78 Å². The number of pyridine rings is 1. The molecule has 0 radical (unpaired) electrons. The van der Waals surface area contributed by atoms with Crippen LogP contribution in [0, 0.1) is 23.1 Å². The molecule has 0 fully saturated rings. The first-order chi connectivity index (χ1) is 8.22. The summed E-state index contributed by atoms with van der Waals surface area (Å²) in [5.41, 5.74) is 1.08. The number of nitriles is 1. The number of benzene rings is 1. The zero-order chi connectivity index (χ0) is 12.3. The molecule has 0 atom stereocenters. The molecule has 4 heteroatoms. The van der Waals surface area contributed by atoms with Crippen molar-refractivity contribution in [2.75, 3.05) is 0 Å². The molecule has 0 amide bonds. The second-order valence-electron chi connectivity index (χ2n) is 3.48. The van der Waals surface area contributed by atoms with Crippen molar-refractivity contribution in [2.45, 2.75) is 6.42 Å². The van der Waals surface area contributed by atoms with E-state index in [4.69, 9.17) is 5.26 Å². The van der Waals surface area contributed by atoms with E-state index in [-0.39, 0.29) is 12.0 Å². The van der Waals surface area contributed by atoms with Crippen molar-refractivity contribution in [1.82, 2.24) is 4.98 Å². The van der Waals surface area contributed by atoms with Crippen molar-refractivity contribution in [3.05, 3.63) is 53.9 Å². The fraction of sp³-hybridized carbons (Fsp3) is 0.0769. The molecule has 2 rings (SSSR count). The van der Waals surface area contributed by atoms with Gasteiger partial charge in [0, 0.05) is 11.8 Å². The maximum Gasteiger partial charge on any atom is 0.221 e. The summed E-state index contributed by atoms with van der Waals surface area (Å²) in [6, 6.07) is 9.09. The van der Waals surface area contributed by atoms with Crippen molar-refractivity contribution in [3.8, 4) is 17.2 Å². The zero-order valence-corrected chi connectivity index (χ0v) is 8.82. The van der Waals surface area contributed by atoms with E-state index in [9.17, 15) is 8.78 Å². The summed E-state index contributed by atoms with van der Waals surface area (Å²) in [5.74, 6) is -1.14. The Labute approximate surface area is 97.2 Å². The van der Waals surface area contributed by atoms with E-state index in [1.165, 1.54) is 24.4 Å². The molecule has 0 aliphatic rings. The molecule has 0 aliphatic carbocycles. The summed E-state index contributed by atoms with van der Waals surface area (Å²) in [7, 11) is 0. The summed E-state index contributed by atoms with van der Waals surface area (Å²) < 4.78 is 26.7. The fourth-order valence-electron chi connectivity index (χ4n) is 1.65. The highest BCUT2D eigenvalue weighted by molar-refractivity contribution is 5.67. The summed E-state index contributed by atoms with van der Waals surface area (Å²) in [5, 5.41) is 8.67. The van der Waals surface area contributed by atoms with Crippen LogP contribution in [0.2, 0.25) is 0 Å².